The molecule has 0 aliphatic rings. The molecule has 0 aromatic carbocycles. The average molecular weight is 104 g/mol. The van der Waals surface area contributed by atoms with Crippen LogP contribution in [0.2, 0.25) is 0 Å². The number of rotatable bonds is 2. The van der Waals surface area contributed by atoms with Crippen molar-refractivity contribution in [2.45, 2.75) is 0 Å². The molecule has 7 heavy (non-hydrogen) atoms. The number of hydrogen-bond donors (Lipinski definition) is 2. The van der Waals surface area contributed by atoms with E-state index in [9.17, 15) is 0 Å². The van der Waals surface area contributed by atoms with Gasteiger partial charge >= 0.3 is 0 Å². The van der Waals surface area contributed by atoms with Crippen LogP contribution in [0.1, 0.15) is 0 Å². The fraction of sp³-hybridized carbons (Fsp3) is 0.500. The smallest absolute Gasteiger partial charge is 0.155 e. The van der Waals surface area contributed by atoms with E-state index in [0.29, 0.717) is 0 Å². The Bertz CT molecular complexity index is 61.3. The van der Waals surface area contributed by atoms with Gasteiger partial charge in [0, 0.05) is 0 Å². The van der Waals surface area contributed by atoms with E-state index in [1.54, 1.807) is 0 Å². The summed E-state index contributed by atoms with van der Waals surface area (Å²) in [5.41, 5.74) is 0. The van der Waals surface area contributed by atoms with Crippen LogP contribution in [0.4, 0.5) is 0 Å². The Kier molecular flexibility index (Phi) is 3.14. The Labute approximate surface area is 41.8 Å². The Morgan fingerprint density at radius 2 is 2.43 bits per heavy atom. The zero-order chi connectivity index (χ0) is 5.70. The summed E-state index contributed by atoms with van der Waals surface area (Å²) in [5.74, 6) is 0.167. The van der Waals surface area contributed by atoms with Gasteiger partial charge in [0.05, 0.1) is 7.11 Å². The second-order valence-corrected chi connectivity index (χ2v) is 0.958. The van der Waals surface area contributed by atoms with Gasteiger partial charge in [0.2, 0.25) is 0 Å². The third-order valence-corrected chi connectivity index (χ3v) is 0.562. The van der Waals surface area contributed by atoms with Gasteiger partial charge in [0.1, 0.15) is 12.9 Å². The number of aliphatic hydroxyl groups excluding tert-OH is 2. The first-order chi connectivity index (χ1) is 3.35. The van der Waals surface area contributed by atoms with Gasteiger partial charge in [-0.15, -0.1) is 0 Å². The third kappa shape index (κ3) is 2.05. The maximum atomic E-state index is 8.17. The molecule has 0 aliphatic carbocycles. The molecule has 0 radical (unpaired) electrons. The van der Waals surface area contributed by atoms with Crippen LogP contribution >= 0.6 is 0 Å². The monoisotopic (exact) mass is 104 g/mol. The van der Waals surface area contributed by atoms with Crippen LogP contribution in [0.25, 0.3) is 0 Å². The predicted molar refractivity (Wildman–Crippen MR) is 24.8 cm³/mol. The van der Waals surface area contributed by atoms with Crippen molar-refractivity contribution in [1.29, 1.82) is 0 Å². The molecule has 3 nitrogen and oxygen atoms in total. The van der Waals surface area contributed by atoms with Gasteiger partial charge in [-0.3, -0.25) is 0 Å². The van der Waals surface area contributed by atoms with Crippen LogP contribution in [0.15, 0.2) is 12.0 Å². The largest absolute Gasteiger partial charge is 0.512 e. The maximum absolute atomic E-state index is 8.17. The van der Waals surface area contributed by atoms with E-state index in [-0.39, 0.29) is 12.4 Å². The molecule has 0 rings (SSSR count). The van der Waals surface area contributed by atoms with Crippen LogP contribution in [0.3, 0.4) is 0 Å². The molecule has 0 saturated carbocycles. The van der Waals surface area contributed by atoms with Gasteiger partial charge in [-0.2, -0.15) is 0 Å². The van der Waals surface area contributed by atoms with Gasteiger partial charge < -0.3 is 14.9 Å². The minimum atomic E-state index is -0.257. The molecular formula is C4H8O3. The first kappa shape index (κ1) is 6.30. The molecule has 0 amide bonds. The Morgan fingerprint density at radius 3 is 2.43 bits per heavy atom. The maximum Gasteiger partial charge on any atom is 0.155 e. The molecular weight excluding hydrogens is 96.0 g/mol. The first-order valence-corrected chi connectivity index (χ1v) is 1.83. The lowest BCUT2D eigenvalue weighted by Crippen LogP contribution is -1.91. The highest BCUT2D eigenvalue weighted by Crippen LogP contribution is 1.87. The van der Waals surface area contributed by atoms with Crippen molar-refractivity contribution in [2.75, 3.05) is 13.7 Å². The standard InChI is InChI=1S/C4H8O3/c1-7-4(2-5)3-6/h2,5-6H,3H2,1H3. The molecule has 0 bridgehead atoms. The minimum Gasteiger partial charge on any atom is -0.512 e. The van der Waals surface area contributed by atoms with E-state index in [0.717, 1.165) is 6.26 Å². The summed E-state index contributed by atoms with van der Waals surface area (Å²) in [6.07, 6.45) is 0.722. The van der Waals surface area contributed by atoms with E-state index >= 15 is 0 Å². The van der Waals surface area contributed by atoms with Gasteiger partial charge in [0.15, 0.2) is 5.76 Å². The quantitative estimate of drug-likeness (QED) is 0.486. The Morgan fingerprint density at radius 1 is 1.86 bits per heavy atom. The van der Waals surface area contributed by atoms with E-state index in [1.165, 1.54) is 7.11 Å². The van der Waals surface area contributed by atoms with E-state index in [2.05, 4.69) is 4.74 Å². The second-order valence-electron chi connectivity index (χ2n) is 0.958. The van der Waals surface area contributed by atoms with Crippen molar-refractivity contribution in [3.05, 3.63) is 12.0 Å². The Balaban J connectivity index is 3.38. The van der Waals surface area contributed by atoms with Crippen molar-refractivity contribution in [2.24, 2.45) is 0 Å². The second kappa shape index (κ2) is 3.49. The van der Waals surface area contributed by atoms with Gasteiger partial charge in [0.25, 0.3) is 0 Å². The molecule has 0 aromatic heterocycles. The fourth-order valence-corrected chi connectivity index (χ4v) is 0.158. The molecule has 0 aromatic rings. The van der Waals surface area contributed by atoms with E-state index < -0.39 is 0 Å². The van der Waals surface area contributed by atoms with Crippen LogP contribution in [-0.4, -0.2) is 23.9 Å². The van der Waals surface area contributed by atoms with Crippen LogP contribution in [-0.2, 0) is 4.74 Å². The van der Waals surface area contributed by atoms with Gasteiger partial charge in [-0.05, 0) is 0 Å². The molecule has 0 spiro atoms. The van der Waals surface area contributed by atoms with Crippen molar-refractivity contribution in [3.8, 4) is 0 Å². The summed E-state index contributed by atoms with van der Waals surface area (Å²) in [7, 11) is 1.37. The minimum absolute atomic E-state index is 0.167. The molecule has 42 valence electrons. The summed E-state index contributed by atoms with van der Waals surface area (Å²) in [5, 5.41) is 16.3. The predicted octanol–water partition coefficient (Wildman–Crippen LogP) is 0.0245. The average Bonchev–Trinajstić information content (AvgIpc) is 1.72. The topological polar surface area (TPSA) is 49.7 Å². The lowest BCUT2D eigenvalue weighted by atomic mass is 10.6. The third-order valence-electron chi connectivity index (χ3n) is 0.562. The number of aliphatic hydroxyl groups is 2. The number of methoxy groups -OCH3 is 1. The highest BCUT2D eigenvalue weighted by Gasteiger charge is 1.86. The SMILES string of the molecule is COC(=CO)CO. The van der Waals surface area contributed by atoms with Gasteiger partial charge in [-0.25, -0.2) is 0 Å². The van der Waals surface area contributed by atoms with Crippen molar-refractivity contribution in [1.82, 2.24) is 0 Å². The number of ether oxygens (including phenoxy) is 1. The summed E-state index contributed by atoms with van der Waals surface area (Å²) >= 11 is 0. The van der Waals surface area contributed by atoms with Crippen molar-refractivity contribution < 1.29 is 14.9 Å². The number of hydrogen-bond acceptors (Lipinski definition) is 3. The summed E-state index contributed by atoms with van der Waals surface area (Å²) in [6.45, 7) is -0.257. The van der Waals surface area contributed by atoms with E-state index in [4.69, 9.17) is 10.2 Å². The summed E-state index contributed by atoms with van der Waals surface area (Å²) in [4.78, 5) is 0. The molecule has 0 saturated heterocycles. The van der Waals surface area contributed by atoms with Gasteiger partial charge in [-0.1, -0.05) is 0 Å². The summed E-state index contributed by atoms with van der Waals surface area (Å²) < 4.78 is 4.41. The van der Waals surface area contributed by atoms with Crippen molar-refractivity contribution in [3.63, 3.8) is 0 Å². The molecule has 2 N–H and O–H groups in total. The lowest BCUT2D eigenvalue weighted by molar-refractivity contribution is 0.195. The summed E-state index contributed by atoms with van der Waals surface area (Å²) in [6, 6.07) is 0. The Hall–Kier alpha value is -0.700. The normalized spacial score (nSPS) is 11.4. The van der Waals surface area contributed by atoms with Crippen LogP contribution in [0, 0.1) is 0 Å². The fourth-order valence-electron chi connectivity index (χ4n) is 0.158. The first-order valence-electron chi connectivity index (χ1n) is 1.83. The zero-order valence-corrected chi connectivity index (χ0v) is 4.09. The lowest BCUT2D eigenvalue weighted by Gasteiger charge is -1.95. The molecule has 0 unspecified atom stereocenters. The molecule has 3 heteroatoms. The van der Waals surface area contributed by atoms with Crippen molar-refractivity contribution >= 4 is 0 Å². The van der Waals surface area contributed by atoms with E-state index in [1.807, 2.05) is 0 Å². The van der Waals surface area contributed by atoms with Crippen LogP contribution < -0.4 is 0 Å². The highest BCUT2D eigenvalue weighted by atomic mass is 16.5. The molecule has 0 heterocycles. The highest BCUT2D eigenvalue weighted by molar-refractivity contribution is 4.83. The molecule has 0 aliphatic heterocycles. The zero-order valence-electron chi connectivity index (χ0n) is 4.09. The molecule has 0 fully saturated rings. The molecule has 0 atom stereocenters. The van der Waals surface area contributed by atoms with Crippen LogP contribution in [0.5, 0.6) is 0 Å².